The fourth-order valence-electron chi connectivity index (χ4n) is 2.02. The first-order valence-corrected chi connectivity index (χ1v) is 6.58. The molecule has 0 aliphatic heterocycles. The molecule has 0 saturated heterocycles. The Hall–Kier alpha value is -2.28. The minimum Gasteiger partial charge on any atom is -0.467 e. The molecule has 4 nitrogen and oxygen atoms in total. The van der Waals surface area contributed by atoms with E-state index in [2.05, 4.69) is 5.32 Å². The van der Waals surface area contributed by atoms with Gasteiger partial charge in [0, 0.05) is 18.2 Å². The molecule has 2 aromatic rings. The van der Waals surface area contributed by atoms with Gasteiger partial charge in [-0.1, -0.05) is 0 Å². The molecule has 2 rings (SSSR count). The number of rotatable bonds is 6. The zero-order chi connectivity index (χ0) is 16.1. The predicted octanol–water partition coefficient (Wildman–Crippen LogP) is 2.48. The highest BCUT2D eigenvalue weighted by Crippen LogP contribution is 2.18. The Morgan fingerprint density at radius 2 is 1.95 bits per heavy atom. The van der Waals surface area contributed by atoms with E-state index in [9.17, 15) is 18.0 Å². The van der Waals surface area contributed by atoms with Gasteiger partial charge in [0.25, 0.3) is 0 Å². The highest BCUT2D eigenvalue weighted by molar-refractivity contribution is 5.79. The fraction of sp³-hybridized carbons (Fsp3) is 0.267. The van der Waals surface area contributed by atoms with E-state index in [1.165, 1.54) is 6.26 Å². The second kappa shape index (κ2) is 7.13. The Balaban J connectivity index is 2.07. The first-order valence-electron chi connectivity index (χ1n) is 6.58. The lowest BCUT2D eigenvalue weighted by Crippen LogP contribution is -2.30. The SMILES string of the molecule is O=C(Cc1cc(F)c(F)cc1F)N[C@@H](CCO)c1ccco1. The lowest BCUT2D eigenvalue weighted by molar-refractivity contribution is -0.121. The molecule has 1 aromatic heterocycles. The van der Waals surface area contributed by atoms with Gasteiger partial charge in [0.1, 0.15) is 11.6 Å². The van der Waals surface area contributed by atoms with E-state index in [0.29, 0.717) is 17.9 Å². The lowest BCUT2D eigenvalue weighted by atomic mass is 10.1. The van der Waals surface area contributed by atoms with Gasteiger partial charge in [0.05, 0.1) is 18.7 Å². The van der Waals surface area contributed by atoms with Crippen LogP contribution in [-0.2, 0) is 11.2 Å². The van der Waals surface area contributed by atoms with Gasteiger partial charge >= 0.3 is 0 Å². The number of aliphatic hydroxyl groups is 1. The van der Waals surface area contributed by atoms with Gasteiger partial charge in [-0.25, -0.2) is 13.2 Å². The average molecular weight is 313 g/mol. The maximum Gasteiger partial charge on any atom is 0.225 e. The van der Waals surface area contributed by atoms with Gasteiger partial charge in [0.2, 0.25) is 5.91 Å². The normalized spacial score (nSPS) is 12.2. The first kappa shape index (κ1) is 16.1. The maximum absolute atomic E-state index is 13.5. The number of nitrogens with one attached hydrogen (secondary N) is 1. The summed E-state index contributed by atoms with van der Waals surface area (Å²) in [5, 5.41) is 11.6. The van der Waals surface area contributed by atoms with Crippen molar-refractivity contribution in [2.24, 2.45) is 0 Å². The molecule has 0 aliphatic carbocycles. The van der Waals surface area contributed by atoms with E-state index in [1.807, 2.05) is 0 Å². The third kappa shape index (κ3) is 3.88. The summed E-state index contributed by atoms with van der Waals surface area (Å²) < 4.78 is 44.6. The Bertz CT molecular complexity index is 644. The largest absolute Gasteiger partial charge is 0.467 e. The van der Waals surface area contributed by atoms with Crippen molar-refractivity contribution in [1.29, 1.82) is 0 Å². The smallest absolute Gasteiger partial charge is 0.225 e. The van der Waals surface area contributed by atoms with Crippen LogP contribution in [0, 0.1) is 17.5 Å². The third-order valence-corrected chi connectivity index (χ3v) is 3.08. The van der Waals surface area contributed by atoms with Gasteiger partial charge < -0.3 is 14.8 Å². The monoisotopic (exact) mass is 313 g/mol. The molecule has 0 fully saturated rings. The molecule has 0 unspecified atom stereocenters. The summed E-state index contributed by atoms with van der Waals surface area (Å²) in [5.74, 6) is -3.68. The van der Waals surface area contributed by atoms with Crippen LogP contribution >= 0.6 is 0 Å². The number of furan rings is 1. The van der Waals surface area contributed by atoms with E-state index in [1.54, 1.807) is 12.1 Å². The number of hydrogen-bond acceptors (Lipinski definition) is 3. The molecule has 0 saturated carbocycles. The summed E-state index contributed by atoms with van der Waals surface area (Å²) in [6.07, 6.45) is 1.17. The molecule has 118 valence electrons. The molecule has 0 aliphatic rings. The summed E-state index contributed by atoms with van der Waals surface area (Å²) in [6, 6.07) is 3.72. The van der Waals surface area contributed by atoms with Crippen molar-refractivity contribution in [3.63, 3.8) is 0 Å². The standard InChI is InChI=1S/C15H14F3NO3/c16-10-8-12(18)11(17)6-9(10)7-15(21)19-13(3-4-20)14-2-1-5-22-14/h1-2,5-6,8,13,20H,3-4,7H2,(H,19,21)/t13-/m0/s1. The Kier molecular flexibility index (Phi) is 5.21. The van der Waals surface area contributed by atoms with Crippen molar-refractivity contribution in [2.45, 2.75) is 18.9 Å². The maximum atomic E-state index is 13.5. The predicted molar refractivity (Wildman–Crippen MR) is 71.3 cm³/mol. The Labute approximate surface area is 124 Å². The van der Waals surface area contributed by atoms with Crippen molar-refractivity contribution in [1.82, 2.24) is 5.32 Å². The van der Waals surface area contributed by atoms with Crippen molar-refractivity contribution >= 4 is 5.91 Å². The van der Waals surface area contributed by atoms with Gasteiger partial charge in [0.15, 0.2) is 11.6 Å². The van der Waals surface area contributed by atoms with E-state index in [4.69, 9.17) is 9.52 Å². The van der Waals surface area contributed by atoms with Gasteiger partial charge in [-0.05, 0) is 24.6 Å². The van der Waals surface area contributed by atoms with Crippen LogP contribution in [0.25, 0.3) is 0 Å². The number of carbonyl (C=O) groups excluding carboxylic acids is 1. The summed E-state index contributed by atoms with van der Waals surface area (Å²) in [7, 11) is 0. The lowest BCUT2D eigenvalue weighted by Gasteiger charge is -2.15. The molecule has 7 heteroatoms. The van der Waals surface area contributed by atoms with Crippen LogP contribution in [0.15, 0.2) is 34.9 Å². The number of hydrogen-bond donors (Lipinski definition) is 2. The molecule has 0 spiro atoms. The van der Waals surface area contributed by atoms with Crippen LogP contribution < -0.4 is 5.32 Å². The van der Waals surface area contributed by atoms with Crippen molar-refractivity contribution < 1.29 is 27.5 Å². The number of aliphatic hydroxyl groups excluding tert-OH is 1. The molecule has 1 aromatic carbocycles. The van der Waals surface area contributed by atoms with Crippen LogP contribution in [0.3, 0.4) is 0 Å². The summed E-state index contributed by atoms with van der Waals surface area (Å²) in [5.41, 5.74) is -0.251. The second-order valence-corrected chi connectivity index (χ2v) is 4.68. The number of benzene rings is 1. The highest BCUT2D eigenvalue weighted by atomic mass is 19.2. The number of carbonyl (C=O) groups is 1. The van der Waals surface area contributed by atoms with Crippen LogP contribution in [0.2, 0.25) is 0 Å². The van der Waals surface area contributed by atoms with Gasteiger partial charge in [-0.3, -0.25) is 4.79 Å². The molecule has 2 N–H and O–H groups in total. The molecule has 1 atom stereocenters. The fourth-order valence-corrected chi connectivity index (χ4v) is 2.02. The minimum absolute atomic E-state index is 0.189. The highest BCUT2D eigenvalue weighted by Gasteiger charge is 2.19. The van der Waals surface area contributed by atoms with E-state index in [0.717, 1.165) is 0 Å². The first-order chi connectivity index (χ1) is 10.5. The molecular formula is C15H14F3NO3. The molecule has 1 amide bonds. The third-order valence-electron chi connectivity index (χ3n) is 3.08. The van der Waals surface area contributed by atoms with Crippen LogP contribution in [0.1, 0.15) is 23.8 Å². The molecular weight excluding hydrogens is 299 g/mol. The average Bonchev–Trinajstić information content (AvgIpc) is 2.98. The van der Waals surface area contributed by atoms with E-state index in [-0.39, 0.29) is 18.6 Å². The molecule has 22 heavy (non-hydrogen) atoms. The van der Waals surface area contributed by atoms with Crippen molar-refractivity contribution in [2.75, 3.05) is 6.61 Å². The van der Waals surface area contributed by atoms with E-state index >= 15 is 0 Å². The molecule has 0 bridgehead atoms. The second-order valence-electron chi connectivity index (χ2n) is 4.68. The van der Waals surface area contributed by atoms with Crippen LogP contribution in [0.4, 0.5) is 13.2 Å². The van der Waals surface area contributed by atoms with E-state index < -0.39 is 35.8 Å². The number of amides is 1. The summed E-state index contributed by atoms with van der Waals surface area (Å²) in [4.78, 5) is 11.9. The van der Waals surface area contributed by atoms with Gasteiger partial charge in [-0.2, -0.15) is 0 Å². The summed E-state index contributed by atoms with van der Waals surface area (Å²) >= 11 is 0. The number of halogens is 3. The van der Waals surface area contributed by atoms with Crippen molar-refractivity contribution in [3.05, 3.63) is 59.3 Å². The quantitative estimate of drug-likeness (QED) is 0.805. The summed E-state index contributed by atoms with van der Waals surface area (Å²) in [6.45, 7) is -0.189. The van der Waals surface area contributed by atoms with Gasteiger partial charge in [-0.15, -0.1) is 0 Å². The Morgan fingerprint density at radius 3 is 2.59 bits per heavy atom. The molecule has 0 radical (unpaired) electrons. The van der Waals surface area contributed by atoms with Crippen LogP contribution in [0.5, 0.6) is 0 Å². The van der Waals surface area contributed by atoms with Crippen LogP contribution in [-0.4, -0.2) is 17.6 Å². The topological polar surface area (TPSA) is 62.5 Å². The Morgan fingerprint density at radius 1 is 1.23 bits per heavy atom. The minimum atomic E-state index is -1.31. The van der Waals surface area contributed by atoms with Crippen molar-refractivity contribution in [3.8, 4) is 0 Å². The molecule has 1 heterocycles. The zero-order valence-corrected chi connectivity index (χ0v) is 11.5. The zero-order valence-electron chi connectivity index (χ0n) is 11.5.